The van der Waals surface area contributed by atoms with Gasteiger partial charge in [0.1, 0.15) is 0 Å². The fourth-order valence-electron chi connectivity index (χ4n) is 7.17. The van der Waals surface area contributed by atoms with Crippen LogP contribution in [-0.2, 0) is 16.0 Å². The summed E-state index contributed by atoms with van der Waals surface area (Å²) in [6.45, 7) is 5.19. The number of Topliss-reactive ketones (excluding diaryl/α,β-unsaturated/α-hetero) is 1. The zero-order chi connectivity index (χ0) is 21.9. The highest BCUT2D eigenvalue weighted by atomic mass is 16.5. The first-order valence-electron chi connectivity index (χ1n) is 13.0. The van der Waals surface area contributed by atoms with E-state index in [0.29, 0.717) is 18.1 Å². The normalized spacial score (nSPS) is 33.9. The molecule has 0 spiro atoms. The zero-order valence-corrected chi connectivity index (χ0v) is 19.4. The molecule has 1 aromatic rings. The van der Waals surface area contributed by atoms with E-state index < -0.39 is 11.7 Å². The number of phenols is 1. The molecule has 5 aliphatic rings. The summed E-state index contributed by atoms with van der Waals surface area (Å²) in [6.07, 6.45) is 10.8. The van der Waals surface area contributed by atoms with E-state index in [-0.39, 0.29) is 23.5 Å². The van der Waals surface area contributed by atoms with Crippen LogP contribution in [0.2, 0.25) is 0 Å². The van der Waals surface area contributed by atoms with Crippen molar-refractivity contribution in [3.8, 4) is 11.5 Å². The molecule has 0 saturated heterocycles. The monoisotopic (exact) mass is 439 g/mol. The maximum atomic E-state index is 13.0. The van der Waals surface area contributed by atoms with Gasteiger partial charge in [-0.3, -0.25) is 9.69 Å². The van der Waals surface area contributed by atoms with E-state index in [4.69, 9.17) is 9.47 Å². The average Bonchev–Trinajstić information content (AvgIpc) is 3.54. The Bertz CT molecular complexity index is 890. The first-order valence-corrected chi connectivity index (χ1v) is 13.0. The number of ether oxygens (including phenoxy) is 2. The molecule has 0 bridgehead atoms. The summed E-state index contributed by atoms with van der Waals surface area (Å²) in [5, 5.41) is 10.6. The van der Waals surface area contributed by atoms with E-state index in [1.165, 1.54) is 50.5 Å². The first kappa shape index (κ1) is 21.0. The predicted octanol–water partition coefficient (Wildman–Crippen LogP) is 4.59. The Morgan fingerprint density at radius 1 is 1.16 bits per heavy atom. The summed E-state index contributed by atoms with van der Waals surface area (Å²) in [6, 6.07) is 4.06. The third-order valence-corrected chi connectivity index (χ3v) is 9.06. The van der Waals surface area contributed by atoms with Gasteiger partial charge in [-0.15, -0.1) is 0 Å². The van der Waals surface area contributed by atoms with Crippen molar-refractivity contribution < 1.29 is 19.4 Å². The summed E-state index contributed by atoms with van der Waals surface area (Å²) in [5.74, 6) is 2.21. The highest BCUT2D eigenvalue weighted by Crippen LogP contribution is 2.59. The van der Waals surface area contributed by atoms with Crippen LogP contribution in [0.3, 0.4) is 0 Å². The number of hydrogen-bond acceptors (Lipinski definition) is 5. The minimum atomic E-state index is -0.514. The van der Waals surface area contributed by atoms with Crippen LogP contribution in [0.15, 0.2) is 12.1 Å². The van der Waals surface area contributed by atoms with Crippen molar-refractivity contribution in [3.05, 3.63) is 23.3 Å². The molecule has 1 aromatic carbocycles. The summed E-state index contributed by atoms with van der Waals surface area (Å²) < 4.78 is 13.3. The maximum absolute atomic E-state index is 13.0. The van der Waals surface area contributed by atoms with Gasteiger partial charge in [0, 0.05) is 24.6 Å². The summed E-state index contributed by atoms with van der Waals surface area (Å²) in [5.41, 5.74) is 1.88. The van der Waals surface area contributed by atoms with E-state index in [0.717, 1.165) is 44.0 Å². The van der Waals surface area contributed by atoms with Gasteiger partial charge < -0.3 is 14.6 Å². The van der Waals surface area contributed by atoms with E-state index in [2.05, 4.69) is 17.9 Å². The molecule has 4 atom stereocenters. The number of phenolic OH excluding ortho intramolecular Hbond substituents is 1. The number of rotatable bonds is 7. The molecule has 0 amide bonds. The lowest BCUT2D eigenvalue weighted by Gasteiger charge is -2.55. The Labute approximate surface area is 191 Å². The number of hydrogen-bond donors (Lipinski definition) is 1. The van der Waals surface area contributed by atoms with Crippen LogP contribution in [0.1, 0.15) is 81.8 Å². The molecule has 1 heterocycles. The molecule has 1 aliphatic heterocycles. The van der Waals surface area contributed by atoms with Crippen molar-refractivity contribution in [1.29, 1.82) is 0 Å². The van der Waals surface area contributed by atoms with Crippen molar-refractivity contribution in [3.63, 3.8) is 0 Å². The Kier molecular flexibility index (Phi) is 5.26. The molecule has 0 radical (unpaired) electrons. The molecule has 1 N–H and O–H groups in total. The second-order valence-corrected chi connectivity index (χ2v) is 11.0. The number of aromatic hydroxyl groups is 1. The number of likely N-dealkylation sites (N-methyl/N-ethyl adjacent to an activating group) is 1. The molecular formula is C27H37NO4. The molecular weight excluding hydrogens is 402 g/mol. The van der Waals surface area contributed by atoms with Crippen molar-refractivity contribution in [2.24, 2.45) is 11.8 Å². The van der Waals surface area contributed by atoms with Crippen molar-refractivity contribution in [1.82, 2.24) is 4.90 Å². The summed E-state index contributed by atoms with van der Waals surface area (Å²) in [7, 11) is 0. The van der Waals surface area contributed by atoms with Crippen LogP contribution in [0.25, 0.3) is 0 Å². The highest BCUT2D eigenvalue weighted by molar-refractivity contribution is 5.88. The van der Waals surface area contributed by atoms with Gasteiger partial charge in [0.25, 0.3) is 0 Å². The SMILES string of the molecule is CCN(CC1CC1)[C@@H]1Cc2ccc(O)c3c2C2C(O3)C(=O)CCC21OCC1CCCCC1. The molecule has 5 nitrogen and oxygen atoms in total. The fraction of sp³-hybridized carbons (Fsp3) is 0.741. The Morgan fingerprint density at radius 2 is 1.97 bits per heavy atom. The second kappa shape index (κ2) is 8.02. The molecule has 0 aromatic heterocycles. The molecule has 6 rings (SSSR count). The lowest BCUT2D eigenvalue weighted by molar-refractivity contribution is -0.171. The van der Waals surface area contributed by atoms with Crippen LogP contribution in [0, 0.1) is 11.8 Å². The molecule has 32 heavy (non-hydrogen) atoms. The van der Waals surface area contributed by atoms with Gasteiger partial charge in [-0.05, 0) is 68.5 Å². The van der Waals surface area contributed by atoms with E-state index in [9.17, 15) is 9.90 Å². The number of carbonyl (C=O) groups is 1. The van der Waals surface area contributed by atoms with Crippen LogP contribution in [0.4, 0.5) is 0 Å². The fourth-order valence-corrected chi connectivity index (χ4v) is 7.17. The largest absolute Gasteiger partial charge is 0.504 e. The smallest absolute Gasteiger partial charge is 0.174 e. The minimum absolute atomic E-state index is 0.101. The van der Waals surface area contributed by atoms with Gasteiger partial charge in [-0.25, -0.2) is 0 Å². The van der Waals surface area contributed by atoms with Crippen LogP contribution in [0.5, 0.6) is 11.5 Å². The topological polar surface area (TPSA) is 59.0 Å². The highest BCUT2D eigenvalue weighted by Gasteiger charge is 2.63. The molecule has 4 aliphatic carbocycles. The predicted molar refractivity (Wildman–Crippen MR) is 122 cm³/mol. The van der Waals surface area contributed by atoms with Crippen molar-refractivity contribution >= 4 is 5.78 Å². The number of carbonyl (C=O) groups excluding carboxylic acids is 1. The van der Waals surface area contributed by atoms with Crippen LogP contribution in [-0.4, -0.2) is 53.2 Å². The van der Waals surface area contributed by atoms with Gasteiger partial charge in [0.2, 0.25) is 0 Å². The molecule has 174 valence electrons. The summed E-state index contributed by atoms with van der Waals surface area (Å²) in [4.78, 5) is 15.7. The van der Waals surface area contributed by atoms with Gasteiger partial charge in [0.15, 0.2) is 23.4 Å². The van der Waals surface area contributed by atoms with Gasteiger partial charge in [0.05, 0.1) is 18.1 Å². The minimum Gasteiger partial charge on any atom is -0.504 e. The van der Waals surface area contributed by atoms with Crippen molar-refractivity contribution in [2.45, 2.75) is 94.8 Å². The third-order valence-electron chi connectivity index (χ3n) is 9.06. The molecule has 3 fully saturated rings. The Balaban J connectivity index is 1.42. The first-order chi connectivity index (χ1) is 15.6. The van der Waals surface area contributed by atoms with E-state index >= 15 is 0 Å². The van der Waals surface area contributed by atoms with Crippen LogP contribution < -0.4 is 4.74 Å². The number of ketones is 1. The van der Waals surface area contributed by atoms with Crippen LogP contribution >= 0.6 is 0 Å². The third kappa shape index (κ3) is 3.30. The van der Waals surface area contributed by atoms with E-state index in [1.807, 2.05) is 0 Å². The maximum Gasteiger partial charge on any atom is 0.174 e. The van der Waals surface area contributed by atoms with E-state index in [1.54, 1.807) is 6.07 Å². The number of benzene rings is 1. The molecule has 3 saturated carbocycles. The molecule has 5 heteroatoms. The average molecular weight is 440 g/mol. The van der Waals surface area contributed by atoms with Gasteiger partial charge in [-0.2, -0.15) is 0 Å². The Morgan fingerprint density at radius 3 is 2.72 bits per heavy atom. The summed E-state index contributed by atoms with van der Waals surface area (Å²) >= 11 is 0. The van der Waals surface area contributed by atoms with Crippen molar-refractivity contribution in [2.75, 3.05) is 19.7 Å². The van der Waals surface area contributed by atoms with Gasteiger partial charge >= 0.3 is 0 Å². The van der Waals surface area contributed by atoms with Gasteiger partial charge in [-0.1, -0.05) is 32.3 Å². The standard InChI is InChI=1S/C27H37NO4/c1-2-28(15-17-8-9-17)22-14-19-10-11-20(29)25-23(19)24-26(32-25)21(30)12-13-27(22,24)31-16-18-6-4-3-5-7-18/h10-11,17-18,22,24,26,29H,2-9,12-16H2,1H3/t22-,24?,26?,27?/m1/s1. The lowest BCUT2D eigenvalue weighted by atomic mass is 9.61. The zero-order valence-electron chi connectivity index (χ0n) is 19.4. The number of nitrogens with zero attached hydrogens (tertiary/aromatic N) is 1. The molecule has 3 unspecified atom stereocenters. The second-order valence-electron chi connectivity index (χ2n) is 11.0. The quantitative estimate of drug-likeness (QED) is 0.673. The lowest BCUT2D eigenvalue weighted by Crippen LogP contribution is -2.65. The Hall–Kier alpha value is -1.59.